The lowest BCUT2D eigenvalue weighted by atomic mass is 10.3. The Balaban J connectivity index is 0.000000439. The number of hydrogen-bond acceptors (Lipinski definition) is 9. The van der Waals surface area contributed by atoms with Gasteiger partial charge in [-0.15, -0.1) is 0 Å². The van der Waals surface area contributed by atoms with E-state index in [2.05, 4.69) is 0 Å². The van der Waals surface area contributed by atoms with Crippen molar-refractivity contribution in [1.29, 1.82) is 0 Å². The number of carbonyl (C=O) groups is 1. The molecule has 2 rings (SSSR count). The molecule has 2 aromatic carbocycles. The molecule has 148 valence electrons. The second-order valence-corrected chi connectivity index (χ2v) is 4.59. The van der Waals surface area contributed by atoms with Crippen LogP contribution in [0.15, 0.2) is 48.5 Å². The summed E-state index contributed by atoms with van der Waals surface area (Å²) >= 11 is 0. The molecule has 0 aliphatic heterocycles. The molecule has 0 saturated carbocycles. The van der Waals surface area contributed by atoms with Crippen molar-refractivity contribution in [2.45, 2.75) is 6.92 Å². The molecule has 0 spiro atoms. The van der Waals surface area contributed by atoms with Crippen LogP contribution in [0.4, 0.5) is 22.7 Å². The van der Waals surface area contributed by atoms with E-state index in [4.69, 9.17) is 9.90 Å². The van der Waals surface area contributed by atoms with Crippen molar-refractivity contribution in [3.63, 3.8) is 0 Å². The van der Waals surface area contributed by atoms with Crippen LogP contribution in [0.3, 0.4) is 0 Å². The summed E-state index contributed by atoms with van der Waals surface area (Å²) in [6.07, 6.45) is 0. The normalized spacial score (nSPS) is 8.89. The molecule has 28 heavy (non-hydrogen) atoms. The molecule has 0 atom stereocenters. The topological polar surface area (TPSA) is 210 Å². The van der Waals surface area contributed by atoms with Gasteiger partial charge < -0.3 is 5.11 Å². The van der Waals surface area contributed by atoms with Gasteiger partial charge in [0.1, 0.15) is 0 Å². The van der Waals surface area contributed by atoms with Gasteiger partial charge in [-0.05, 0) is 12.1 Å². The van der Waals surface area contributed by atoms with Gasteiger partial charge in [-0.3, -0.25) is 45.3 Å². The summed E-state index contributed by atoms with van der Waals surface area (Å²) in [7, 11) is 0. The molecule has 14 heteroatoms. The lowest BCUT2D eigenvalue weighted by molar-refractivity contribution is -0.394. The molecular weight excluding hydrogens is 384 g/mol. The minimum absolute atomic E-state index is 0.274. The summed E-state index contributed by atoms with van der Waals surface area (Å²) in [5.41, 5.74) is -1.10. The van der Waals surface area contributed by atoms with Crippen molar-refractivity contribution < 1.29 is 29.6 Å². The van der Waals surface area contributed by atoms with E-state index in [1.165, 1.54) is 36.4 Å². The fraction of sp³-hybridized carbons (Fsp3) is 0.0714. The number of hydrogen-bond donors (Lipinski definition) is 1. The van der Waals surface area contributed by atoms with Crippen LogP contribution in [-0.4, -0.2) is 30.8 Å². The Morgan fingerprint density at radius 2 is 0.857 bits per heavy atom. The van der Waals surface area contributed by atoms with Crippen LogP contribution in [0.2, 0.25) is 0 Å². The number of benzene rings is 2. The van der Waals surface area contributed by atoms with E-state index in [0.717, 1.165) is 19.1 Å². The van der Waals surface area contributed by atoms with Crippen LogP contribution in [0.25, 0.3) is 0 Å². The van der Waals surface area contributed by atoms with Gasteiger partial charge in [0.15, 0.2) is 0 Å². The number of non-ortho nitro benzene ring substituents is 4. The third-order valence-corrected chi connectivity index (χ3v) is 2.50. The molecule has 0 aliphatic rings. The van der Waals surface area contributed by atoms with Crippen molar-refractivity contribution in [2.75, 3.05) is 0 Å². The monoisotopic (exact) mass is 396 g/mol. The van der Waals surface area contributed by atoms with Crippen LogP contribution < -0.4 is 0 Å². The average molecular weight is 396 g/mol. The fourth-order valence-corrected chi connectivity index (χ4v) is 1.44. The molecule has 14 nitrogen and oxygen atoms in total. The van der Waals surface area contributed by atoms with Gasteiger partial charge in [0.2, 0.25) is 0 Å². The van der Waals surface area contributed by atoms with E-state index in [0.29, 0.717) is 0 Å². The van der Waals surface area contributed by atoms with E-state index in [1.807, 2.05) is 0 Å². The number of aliphatic carboxylic acids is 1. The average Bonchev–Trinajstić information content (AvgIpc) is 2.62. The Morgan fingerprint density at radius 3 is 1.00 bits per heavy atom. The molecule has 0 saturated heterocycles. The maximum Gasteiger partial charge on any atom is 0.300 e. The van der Waals surface area contributed by atoms with Gasteiger partial charge in [-0.1, -0.05) is 0 Å². The van der Waals surface area contributed by atoms with Crippen molar-refractivity contribution >= 4 is 28.7 Å². The minimum Gasteiger partial charge on any atom is -0.481 e. The van der Waals surface area contributed by atoms with Gasteiger partial charge >= 0.3 is 0 Å². The van der Waals surface area contributed by atoms with E-state index < -0.39 is 25.7 Å². The molecule has 0 radical (unpaired) electrons. The minimum atomic E-state index is -0.833. The molecule has 0 aromatic heterocycles. The van der Waals surface area contributed by atoms with Gasteiger partial charge in [0.05, 0.1) is 31.8 Å². The van der Waals surface area contributed by atoms with Gasteiger partial charge in [0.25, 0.3) is 28.7 Å². The summed E-state index contributed by atoms with van der Waals surface area (Å²) in [6.45, 7) is 1.08. The molecular formula is C14H12N4O10. The van der Waals surface area contributed by atoms with Gasteiger partial charge in [-0.25, -0.2) is 0 Å². The highest BCUT2D eigenvalue weighted by Gasteiger charge is 2.12. The van der Waals surface area contributed by atoms with Crippen LogP contribution in [0, 0.1) is 40.5 Å². The first kappa shape index (κ1) is 23.5. The number of nitro benzene ring substituents is 4. The lowest BCUT2D eigenvalue weighted by Crippen LogP contribution is -1.91. The molecule has 1 N–H and O–H groups in total. The summed E-state index contributed by atoms with van der Waals surface area (Å²) < 4.78 is 0. The third kappa shape index (κ3) is 9.11. The molecule has 0 aliphatic carbocycles. The van der Waals surface area contributed by atoms with Crippen molar-refractivity contribution in [3.05, 3.63) is 89.0 Å². The first-order chi connectivity index (χ1) is 13.0. The second kappa shape index (κ2) is 11.2. The zero-order valence-corrected chi connectivity index (χ0v) is 14.0. The standard InChI is InChI=1S/2C6H4N2O4.C2H4O2/c2*9-7(10)5-2-1-3-6(4-5)8(11)12;1-2(3)4/h2*1-4H;1H3,(H,3,4). The Hall–Kier alpha value is -4.49. The molecule has 0 unspecified atom stereocenters. The Labute approximate surface area is 155 Å². The van der Waals surface area contributed by atoms with Gasteiger partial charge in [0, 0.05) is 31.2 Å². The van der Waals surface area contributed by atoms with E-state index in [1.54, 1.807) is 0 Å². The predicted octanol–water partition coefficient (Wildman–Crippen LogP) is 3.10. The maximum atomic E-state index is 10.2. The first-order valence-corrected chi connectivity index (χ1v) is 6.93. The smallest absolute Gasteiger partial charge is 0.300 e. The van der Waals surface area contributed by atoms with Crippen LogP contribution in [0.1, 0.15) is 6.92 Å². The number of nitrogens with zero attached hydrogens (tertiary/aromatic N) is 4. The molecule has 0 amide bonds. The molecule has 0 fully saturated rings. The van der Waals surface area contributed by atoms with E-state index in [9.17, 15) is 40.5 Å². The van der Waals surface area contributed by atoms with E-state index >= 15 is 0 Å². The summed E-state index contributed by atoms with van der Waals surface area (Å²) in [5.74, 6) is -0.833. The zero-order chi connectivity index (χ0) is 21.9. The van der Waals surface area contributed by atoms with Crippen LogP contribution in [-0.2, 0) is 4.79 Å². The Kier molecular flexibility index (Phi) is 9.39. The maximum absolute atomic E-state index is 10.2. The number of carboxylic acids is 1. The fourth-order valence-electron chi connectivity index (χ4n) is 1.44. The SMILES string of the molecule is CC(=O)O.O=[N+]([O-])c1cccc([N+](=O)[O-])c1.O=[N+]([O-])c1cccc([N+](=O)[O-])c1. The quantitative estimate of drug-likeness (QED) is 0.589. The number of nitro groups is 4. The highest BCUT2D eigenvalue weighted by atomic mass is 16.6. The lowest BCUT2D eigenvalue weighted by Gasteiger charge is -1.90. The molecule has 0 heterocycles. The van der Waals surface area contributed by atoms with E-state index in [-0.39, 0.29) is 22.7 Å². The summed E-state index contributed by atoms with van der Waals surface area (Å²) in [6, 6.07) is 9.19. The van der Waals surface area contributed by atoms with Gasteiger partial charge in [-0.2, -0.15) is 0 Å². The van der Waals surface area contributed by atoms with Crippen molar-refractivity contribution in [2.24, 2.45) is 0 Å². The third-order valence-electron chi connectivity index (χ3n) is 2.50. The summed E-state index contributed by atoms with van der Waals surface area (Å²) in [4.78, 5) is 46.9. The first-order valence-electron chi connectivity index (χ1n) is 6.93. The number of rotatable bonds is 4. The Morgan fingerprint density at radius 1 is 0.679 bits per heavy atom. The highest BCUT2D eigenvalue weighted by Crippen LogP contribution is 2.19. The largest absolute Gasteiger partial charge is 0.481 e. The summed E-state index contributed by atoms with van der Waals surface area (Å²) in [5, 5.41) is 48.1. The van der Waals surface area contributed by atoms with Crippen molar-refractivity contribution in [3.8, 4) is 0 Å². The second-order valence-electron chi connectivity index (χ2n) is 4.59. The molecule has 2 aromatic rings. The zero-order valence-electron chi connectivity index (χ0n) is 14.0. The van der Waals surface area contributed by atoms with Crippen LogP contribution in [0.5, 0.6) is 0 Å². The highest BCUT2D eigenvalue weighted by molar-refractivity contribution is 5.62. The predicted molar refractivity (Wildman–Crippen MR) is 92.8 cm³/mol. The van der Waals surface area contributed by atoms with Crippen LogP contribution >= 0.6 is 0 Å². The molecule has 0 bridgehead atoms. The Bertz CT molecular complexity index is 769. The number of carboxylic acid groups (broad SMARTS) is 1. The van der Waals surface area contributed by atoms with Crippen molar-refractivity contribution in [1.82, 2.24) is 0 Å².